The Hall–Kier alpha value is -1.51. The summed E-state index contributed by atoms with van der Waals surface area (Å²) in [5.74, 6) is 0.407. The van der Waals surface area contributed by atoms with Crippen molar-refractivity contribution in [3.63, 3.8) is 0 Å². The van der Waals surface area contributed by atoms with E-state index in [4.69, 9.17) is 9.47 Å². The van der Waals surface area contributed by atoms with E-state index in [1.165, 1.54) is 0 Å². The minimum Gasteiger partial charge on any atom is -0.494 e. The van der Waals surface area contributed by atoms with Crippen molar-refractivity contribution in [2.24, 2.45) is 0 Å². The highest BCUT2D eigenvalue weighted by Gasteiger charge is 2.15. The fraction of sp³-hybridized carbons (Fsp3) is 0.462. The topological polar surface area (TPSA) is 35.5 Å². The Morgan fingerprint density at radius 2 is 1.81 bits per heavy atom. The lowest BCUT2D eigenvalue weighted by molar-refractivity contribution is -0.144. The normalized spacial score (nSPS) is 11.9. The quantitative estimate of drug-likeness (QED) is 0.719. The maximum absolute atomic E-state index is 11.5. The number of benzene rings is 1. The van der Waals surface area contributed by atoms with Gasteiger partial charge in [0.05, 0.1) is 19.1 Å². The number of hydrogen-bond donors (Lipinski definition) is 0. The van der Waals surface area contributed by atoms with Crippen molar-refractivity contribution in [3.05, 3.63) is 29.8 Å². The molecule has 88 valence electrons. The predicted molar refractivity (Wildman–Crippen MR) is 62.7 cm³/mol. The number of esters is 1. The summed E-state index contributed by atoms with van der Waals surface area (Å²) in [4.78, 5) is 11.5. The molecule has 0 fully saturated rings. The van der Waals surface area contributed by atoms with Gasteiger partial charge in [-0.1, -0.05) is 12.1 Å². The smallest absolute Gasteiger partial charge is 0.313 e. The van der Waals surface area contributed by atoms with Crippen molar-refractivity contribution in [1.29, 1.82) is 0 Å². The highest BCUT2D eigenvalue weighted by atomic mass is 16.5. The van der Waals surface area contributed by atoms with Crippen LogP contribution in [0.2, 0.25) is 0 Å². The molecular weight excluding hydrogens is 204 g/mol. The molecule has 0 radical (unpaired) electrons. The van der Waals surface area contributed by atoms with Gasteiger partial charge in [-0.3, -0.25) is 4.79 Å². The second-order valence-corrected chi connectivity index (χ2v) is 3.48. The van der Waals surface area contributed by atoms with Gasteiger partial charge in [0.1, 0.15) is 5.75 Å². The monoisotopic (exact) mass is 222 g/mol. The lowest BCUT2D eigenvalue weighted by Crippen LogP contribution is -2.12. The molecule has 0 amide bonds. The zero-order valence-electron chi connectivity index (χ0n) is 10.0. The Bertz CT molecular complexity index is 330. The van der Waals surface area contributed by atoms with E-state index in [1.807, 2.05) is 45.0 Å². The third-order valence-corrected chi connectivity index (χ3v) is 2.33. The van der Waals surface area contributed by atoms with Crippen LogP contribution in [0.3, 0.4) is 0 Å². The molecule has 1 aromatic rings. The summed E-state index contributed by atoms with van der Waals surface area (Å²) in [6.07, 6.45) is 0. The average Bonchev–Trinajstić information content (AvgIpc) is 2.30. The minimum absolute atomic E-state index is 0.188. The third kappa shape index (κ3) is 3.26. The lowest BCUT2D eigenvalue weighted by atomic mass is 10.0. The van der Waals surface area contributed by atoms with Crippen molar-refractivity contribution in [2.75, 3.05) is 13.2 Å². The maximum Gasteiger partial charge on any atom is 0.313 e. The molecule has 0 saturated heterocycles. The van der Waals surface area contributed by atoms with Crippen molar-refractivity contribution >= 4 is 5.97 Å². The highest BCUT2D eigenvalue weighted by Crippen LogP contribution is 2.20. The first-order valence-electron chi connectivity index (χ1n) is 5.58. The van der Waals surface area contributed by atoms with Crippen LogP contribution in [0.5, 0.6) is 5.75 Å². The van der Waals surface area contributed by atoms with Gasteiger partial charge in [-0.25, -0.2) is 0 Å². The standard InChI is InChI=1S/C13H18O3/c1-4-15-12-8-6-11(7-9-12)10(3)13(14)16-5-2/h6-10H,4-5H2,1-3H3. The van der Waals surface area contributed by atoms with E-state index in [2.05, 4.69) is 0 Å². The number of carbonyl (C=O) groups excluding carboxylic acids is 1. The van der Waals surface area contributed by atoms with Crippen LogP contribution in [-0.4, -0.2) is 19.2 Å². The van der Waals surface area contributed by atoms with Gasteiger partial charge in [0, 0.05) is 0 Å². The molecule has 3 nitrogen and oxygen atoms in total. The molecule has 1 unspecified atom stereocenters. The molecular formula is C13H18O3. The predicted octanol–water partition coefficient (Wildman–Crippen LogP) is 2.75. The summed E-state index contributed by atoms with van der Waals surface area (Å²) in [6.45, 7) is 6.65. The second-order valence-electron chi connectivity index (χ2n) is 3.48. The maximum atomic E-state index is 11.5. The van der Waals surface area contributed by atoms with Gasteiger partial charge in [0.2, 0.25) is 0 Å². The third-order valence-electron chi connectivity index (χ3n) is 2.33. The highest BCUT2D eigenvalue weighted by molar-refractivity contribution is 5.77. The average molecular weight is 222 g/mol. The van der Waals surface area contributed by atoms with Crippen LogP contribution in [0.4, 0.5) is 0 Å². The zero-order valence-corrected chi connectivity index (χ0v) is 10.0. The Kier molecular flexibility index (Phi) is 4.83. The molecule has 0 spiro atoms. The summed E-state index contributed by atoms with van der Waals surface area (Å²) in [5.41, 5.74) is 0.946. The van der Waals surface area contributed by atoms with Crippen LogP contribution in [-0.2, 0) is 9.53 Å². The van der Waals surface area contributed by atoms with Crippen LogP contribution >= 0.6 is 0 Å². The molecule has 3 heteroatoms. The Balaban J connectivity index is 2.69. The first kappa shape index (κ1) is 12.6. The summed E-state index contributed by atoms with van der Waals surface area (Å²) < 4.78 is 10.3. The van der Waals surface area contributed by atoms with Crippen molar-refractivity contribution in [2.45, 2.75) is 26.7 Å². The van der Waals surface area contributed by atoms with Crippen molar-refractivity contribution in [1.82, 2.24) is 0 Å². The molecule has 0 saturated carbocycles. The first-order chi connectivity index (χ1) is 7.69. The molecule has 0 N–H and O–H groups in total. The molecule has 0 aliphatic carbocycles. The van der Waals surface area contributed by atoms with Gasteiger partial charge in [-0.05, 0) is 38.5 Å². The van der Waals surface area contributed by atoms with Crippen LogP contribution in [0, 0.1) is 0 Å². The molecule has 0 heterocycles. The minimum atomic E-state index is -0.226. The number of hydrogen-bond acceptors (Lipinski definition) is 3. The summed E-state index contributed by atoms with van der Waals surface area (Å²) in [6, 6.07) is 7.53. The fourth-order valence-electron chi connectivity index (χ4n) is 1.42. The van der Waals surface area contributed by atoms with Crippen molar-refractivity contribution < 1.29 is 14.3 Å². The molecule has 0 bridgehead atoms. The number of carbonyl (C=O) groups is 1. The van der Waals surface area contributed by atoms with Gasteiger partial charge >= 0.3 is 5.97 Å². The molecule has 1 atom stereocenters. The van der Waals surface area contributed by atoms with Gasteiger partial charge in [-0.2, -0.15) is 0 Å². The lowest BCUT2D eigenvalue weighted by Gasteiger charge is -2.11. The second kappa shape index (κ2) is 6.16. The first-order valence-corrected chi connectivity index (χ1v) is 5.58. The SMILES string of the molecule is CCOC(=O)C(C)c1ccc(OCC)cc1. The van der Waals surface area contributed by atoms with Gasteiger partial charge < -0.3 is 9.47 Å². The van der Waals surface area contributed by atoms with E-state index < -0.39 is 0 Å². The molecule has 0 aliphatic heterocycles. The Labute approximate surface area is 96.4 Å². The van der Waals surface area contributed by atoms with Gasteiger partial charge in [0.25, 0.3) is 0 Å². The molecule has 1 aromatic carbocycles. The van der Waals surface area contributed by atoms with Gasteiger partial charge in [0.15, 0.2) is 0 Å². The summed E-state index contributed by atoms with van der Waals surface area (Å²) in [7, 11) is 0. The largest absolute Gasteiger partial charge is 0.494 e. The Morgan fingerprint density at radius 1 is 1.19 bits per heavy atom. The van der Waals surface area contributed by atoms with E-state index in [-0.39, 0.29) is 11.9 Å². The van der Waals surface area contributed by atoms with Crippen LogP contribution in [0.1, 0.15) is 32.3 Å². The van der Waals surface area contributed by atoms with Crippen molar-refractivity contribution in [3.8, 4) is 5.75 Å². The van der Waals surface area contributed by atoms with Gasteiger partial charge in [-0.15, -0.1) is 0 Å². The summed E-state index contributed by atoms with van der Waals surface area (Å²) in [5, 5.41) is 0. The van der Waals surface area contributed by atoms with E-state index >= 15 is 0 Å². The van der Waals surface area contributed by atoms with E-state index in [0.717, 1.165) is 11.3 Å². The van der Waals surface area contributed by atoms with E-state index in [1.54, 1.807) is 0 Å². The molecule has 0 aliphatic rings. The van der Waals surface area contributed by atoms with Crippen LogP contribution in [0.25, 0.3) is 0 Å². The van der Waals surface area contributed by atoms with E-state index in [0.29, 0.717) is 13.2 Å². The van der Waals surface area contributed by atoms with Crippen LogP contribution < -0.4 is 4.74 Å². The molecule has 16 heavy (non-hydrogen) atoms. The summed E-state index contributed by atoms with van der Waals surface area (Å²) >= 11 is 0. The number of rotatable bonds is 5. The zero-order chi connectivity index (χ0) is 12.0. The molecule has 1 rings (SSSR count). The molecule has 0 aromatic heterocycles. The van der Waals surface area contributed by atoms with Crippen LogP contribution in [0.15, 0.2) is 24.3 Å². The Morgan fingerprint density at radius 3 is 2.31 bits per heavy atom. The fourth-order valence-corrected chi connectivity index (χ4v) is 1.42. The number of ether oxygens (including phenoxy) is 2. The van der Waals surface area contributed by atoms with E-state index in [9.17, 15) is 4.79 Å².